The molecule has 122 valence electrons. The van der Waals surface area contributed by atoms with Crippen molar-refractivity contribution in [3.8, 4) is 0 Å². The van der Waals surface area contributed by atoms with Crippen LogP contribution < -0.4 is 10.9 Å². The van der Waals surface area contributed by atoms with E-state index in [1.807, 2.05) is 0 Å². The molecule has 2 aromatic heterocycles. The van der Waals surface area contributed by atoms with Gasteiger partial charge < -0.3 is 5.32 Å². The van der Waals surface area contributed by atoms with Crippen LogP contribution in [-0.4, -0.2) is 38.1 Å². The van der Waals surface area contributed by atoms with E-state index in [-0.39, 0.29) is 11.5 Å². The van der Waals surface area contributed by atoms with E-state index in [2.05, 4.69) is 16.9 Å². The summed E-state index contributed by atoms with van der Waals surface area (Å²) in [7, 11) is 1.61. The highest BCUT2D eigenvalue weighted by atomic mass is 32.2. The van der Waals surface area contributed by atoms with Crippen molar-refractivity contribution in [1.29, 1.82) is 0 Å². The van der Waals surface area contributed by atoms with E-state index in [1.54, 1.807) is 43.6 Å². The number of fused-ring (bicyclic) bond motifs is 1. The number of amides is 1. The van der Waals surface area contributed by atoms with Crippen LogP contribution in [0.2, 0.25) is 0 Å². The van der Waals surface area contributed by atoms with Crippen molar-refractivity contribution in [2.24, 2.45) is 0 Å². The van der Waals surface area contributed by atoms with Gasteiger partial charge in [0.15, 0.2) is 0 Å². The Hall–Kier alpha value is -2.45. The summed E-state index contributed by atoms with van der Waals surface area (Å²) < 4.78 is 1.90. The zero-order valence-corrected chi connectivity index (χ0v) is 14.5. The number of nitrogens with zero attached hydrogens (tertiary/aromatic N) is 3. The zero-order chi connectivity index (χ0) is 17.3. The molecule has 1 fully saturated rings. The van der Waals surface area contributed by atoms with Gasteiger partial charge in [-0.25, -0.2) is 4.98 Å². The molecular formula is C16H14N4O2S2. The van der Waals surface area contributed by atoms with Crippen LogP contribution in [0.25, 0.3) is 11.7 Å². The molecule has 1 aliphatic rings. The minimum absolute atomic E-state index is 0.225. The smallest absolute Gasteiger partial charge is 0.267 e. The fourth-order valence-corrected chi connectivity index (χ4v) is 3.37. The highest BCUT2D eigenvalue weighted by Crippen LogP contribution is 2.31. The van der Waals surface area contributed by atoms with Gasteiger partial charge in [0, 0.05) is 19.8 Å². The maximum atomic E-state index is 12.8. The van der Waals surface area contributed by atoms with Gasteiger partial charge >= 0.3 is 0 Å². The van der Waals surface area contributed by atoms with Crippen LogP contribution in [0, 0.1) is 0 Å². The van der Waals surface area contributed by atoms with Crippen LogP contribution in [-0.2, 0) is 4.79 Å². The third-order valence-corrected chi connectivity index (χ3v) is 4.93. The molecule has 1 aliphatic heterocycles. The Morgan fingerprint density at radius 1 is 1.42 bits per heavy atom. The van der Waals surface area contributed by atoms with Crippen LogP contribution in [0.4, 0.5) is 5.82 Å². The molecule has 0 aromatic carbocycles. The van der Waals surface area contributed by atoms with E-state index < -0.39 is 0 Å². The summed E-state index contributed by atoms with van der Waals surface area (Å²) in [6.45, 7) is 4.10. The summed E-state index contributed by atoms with van der Waals surface area (Å²) in [4.78, 5) is 31.3. The second kappa shape index (κ2) is 6.58. The Labute approximate surface area is 147 Å². The number of nitrogens with one attached hydrogen (secondary N) is 1. The number of thioether (sulfide) groups is 1. The normalized spacial score (nSPS) is 16.2. The van der Waals surface area contributed by atoms with Crippen LogP contribution in [0.15, 0.2) is 46.8 Å². The topological polar surface area (TPSA) is 66.7 Å². The average Bonchev–Trinajstić information content (AvgIpc) is 2.83. The van der Waals surface area contributed by atoms with Crippen molar-refractivity contribution in [3.05, 3.63) is 57.9 Å². The lowest BCUT2D eigenvalue weighted by Gasteiger charge is -2.09. The highest BCUT2D eigenvalue weighted by molar-refractivity contribution is 8.26. The van der Waals surface area contributed by atoms with Gasteiger partial charge in [0.1, 0.15) is 15.8 Å². The summed E-state index contributed by atoms with van der Waals surface area (Å²) in [6.07, 6.45) is 4.86. The lowest BCUT2D eigenvalue weighted by molar-refractivity contribution is -0.121. The van der Waals surface area contributed by atoms with Gasteiger partial charge in [-0.2, -0.15) is 0 Å². The number of likely N-dealkylation sites (N-methyl/N-ethyl adjacent to an activating group) is 1. The van der Waals surface area contributed by atoms with E-state index in [0.717, 1.165) is 0 Å². The van der Waals surface area contributed by atoms with Gasteiger partial charge in [-0.3, -0.25) is 18.9 Å². The molecule has 8 heteroatoms. The number of pyridine rings is 1. The Balaban J connectivity index is 2.20. The predicted molar refractivity (Wildman–Crippen MR) is 101 cm³/mol. The molecule has 0 unspecified atom stereocenters. The van der Waals surface area contributed by atoms with Crippen LogP contribution in [0.1, 0.15) is 5.56 Å². The Morgan fingerprint density at radius 2 is 2.21 bits per heavy atom. The quantitative estimate of drug-likeness (QED) is 0.513. The number of carbonyl (C=O) groups excluding carboxylic acids is 1. The minimum Gasteiger partial charge on any atom is -0.366 e. The van der Waals surface area contributed by atoms with Crippen molar-refractivity contribution in [2.45, 2.75) is 0 Å². The molecule has 0 saturated carbocycles. The molecule has 24 heavy (non-hydrogen) atoms. The number of aromatic nitrogens is 2. The molecule has 3 heterocycles. The summed E-state index contributed by atoms with van der Waals surface area (Å²) in [5, 5.41) is 3.05. The first-order valence-electron chi connectivity index (χ1n) is 7.10. The number of anilines is 1. The molecule has 0 radical (unpaired) electrons. The number of hydrogen-bond donors (Lipinski definition) is 1. The van der Waals surface area contributed by atoms with Crippen molar-refractivity contribution in [2.75, 3.05) is 18.9 Å². The fraction of sp³-hybridized carbons (Fsp3) is 0.125. The number of thiocarbonyl (C=S) groups is 1. The molecule has 3 rings (SSSR count). The van der Waals surface area contributed by atoms with Gasteiger partial charge in [0.05, 0.1) is 10.5 Å². The highest BCUT2D eigenvalue weighted by Gasteiger charge is 2.29. The number of carbonyl (C=O) groups is 1. The Kier molecular flexibility index (Phi) is 4.50. The van der Waals surface area contributed by atoms with E-state index in [1.165, 1.54) is 21.1 Å². The third kappa shape index (κ3) is 2.85. The molecule has 2 aromatic rings. The molecule has 0 aliphatic carbocycles. The lowest BCUT2D eigenvalue weighted by Crippen LogP contribution is -2.23. The van der Waals surface area contributed by atoms with Crippen molar-refractivity contribution in [3.63, 3.8) is 0 Å². The molecule has 1 N–H and O–H groups in total. The van der Waals surface area contributed by atoms with Crippen LogP contribution in [0.3, 0.4) is 0 Å². The standard InChI is InChI=1S/C16H14N4O2S2/c1-3-7-17-13-10(9-11-15(22)19(2)16(23)24-11)14(21)20-8-5-4-6-12(20)18-13/h3-6,8-9,17H,1,7H2,2H3/b11-9-. The summed E-state index contributed by atoms with van der Waals surface area (Å²) in [5.41, 5.74) is 0.581. The molecule has 0 bridgehead atoms. The molecule has 0 spiro atoms. The van der Waals surface area contributed by atoms with Crippen molar-refractivity contribution in [1.82, 2.24) is 14.3 Å². The van der Waals surface area contributed by atoms with Crippen molar-refractivity contribution < 1.29 is 4.79 Å². The van der Waals surface area contributed by atoms with Gasteiger partial charge in [-0.1, -0.05) is 36.1 Å². The van der Waals surface area contributed by atoms with Crippen LogP contribution in [0.5, 0.6) is 0 Å². The van der Waals surface area contributed by atoms with Crippen molar-refractivity contribution >= 4 is 51.7 Å². The average molecular weight is 358 g/mol. The van der Waals surface area contributed by atoms with E-state index in [4.69, 9.17) is 12.2 Å². The first-order chi connectivity index (χ1) is 11.5. The number of hydrogen-bond acceptors (Lipinski definition) is 6. The van der Waals surface area contributed by atoms with Crippen LogP contribution >= 0.6 is 24.0 Å². The van der Waals surface area contributed by atoms with E-state index in [9.17, 15) is 9.59 Å². The molecular weight excluding hydrogens is 344 g/mol. The Bertz CT molecular complexity index is 949. The summed E-state index contributed by atoms with van der Waals surface area (Å²) in [5.74, 6) is 0.185. The number of rotatable bonds is 4. The third-order valence-electron chi connectivity index (χ3n) is 3.44. The minimum atomic E-state index is -0.256. The maximum absolute atomic E-state index is 12.8. The van der Waals surface area contributed by atoms with Gasteiger partial charge in [0.2, 0.25) is 0 Å². The molecule has 1 saturated heterocycles. The van der Waals surface area contributed by atoms with Gasteiger partial charge in [-0.05, 0) is 18.2 Å². The monoisotopic (exact) mass is 358 g/mol. The first-order valence-corrected chi connectivity index (χ1v) is 8.33. The van der Waals surface area contributed by atoms with Gasteiger partial charge in [-0.15, -0.1) is 6.58 Å². The van der Waals surface area contributed by atoms with E-state index in [0.29, 0.717) is 32.8 Å². The molecule has 0 atom stereocenters. The predicted octanol–water partition coefficient (Wildman–Crippen LogP) is 2.12. The van der Waals surface area contributed by atoms with E-state index >= 15 is 0 Å². The Morgan fingerprint density at radius 3 is 2.88 bits per heavy atom. The first kappa shape index (κ1) is 16.4. The maximum Gasteiger partial charge on any atom is 0.267 e. The SMILES string of the molecule is C=CCNc1nc2ccccn2c(=O)c1/C=C1\SC(=S)N(C)C1=O. The second-order valence-electron chi connectivity index (χ2n) is 5.02. The molecule has 6 nitrogen and oxygen atoms in total. The summed E-state index contributed by atoms with van der Waals surface area (Å²) in [6, 6.07) is 5.30. The zero-order valence-electron chi connectivity index (χ0n) is 12.9. The lowest BCUT2D eigenvalue weighted by atomic mass is 10.2. The second-order valence-corrected chi connectivity index (χ2v) is 6.69. The summed E-state index contributed by atoms with van der Waals surface area (Å²) >= 11 is 6.29. The molecule has 1 amide bonds. The largest absolute Gasteiger partial charge is 0.366 e. The van der Waals surface area contributed by atoms with Gasteiger partial charge in [0.25, 0.3) is 11.5 Å². The fourth-order valence-electron chi connectivity index (χ4n) is 2.21.